The van der Waals surface area contributed by atoms with Crippen molar-refractivity contribution in [3.63, 3.8) is 0 Å². The van der Waals surface area contributed by atoms with Gasteiger partial charge in [0.1, 0.15) is 13.2 Å². The number of hydrogen-bond donors (Lipinski definition) is 0. The Balaban J connectivity index is 4.02. The summed E-state index contributed by atoms with van der Waals surface area (Å²) in [6.45, 7) is 6.51. The fourth-order valence-corrected chi connectivity index (χ4v) is 8.68. The molecule has 0 radical (unpaired) electrons. The van der Waals surface area contributed by atoms with Gasteiger partial charge in [-0.1, -0.05) is 286 Å². The summed E-state index contributed by atoms with van der Waals surface area (Å²) in [5.41, 5.74) is 0. The SMILES string of the molecule is CC/C=C\C/C=C\C/C=C\C/C=C\C/C=C\C/C=C\CCCCCCCCCCCCCCCCC(=O)OCC(COC(=O)CCCCCCCCCC)OC(=O)CCCCCCCCCCCCCC. The van der Waals surface area contributed by atoms with Gasteiger partial charge < -0.3 is 14.2 Å². The van der Waals surface area contributed by atoms with Crippen molar-refractivity contribution in [3.8, 4) is 0 Å². The van der Waals surface area contributed by atoms with Crippen molar-refractivity contribution >= 4 is 17.9 Å². The predicted molar refractivity (Wildman–Crippen MR) is 307 cm³/mol. The number of hydrogen-bond acceptors (Lipinski definition) is 6. The number of carbonyl (C=O) groups is 3. The molecule has 71 heavy (non-hydrogen) atoms. The van der Waals surface area contributed by atoms with E-state index in [2.05, 4.69) is 93.7 Å². The molecular weight excluding hydrogens is 877 g/mol. The van der Waals surface area contributed by atoms with Gasteiger partial charge in [-0.2, -0.15) is 0 Å². The maximum absolute atomic E-state index is 12.8. The van der Waals surface area contributed by atoms with Gasteiger partial charge in [0.2, 0.25) is 0 Å². The molecule has 1 unspecified atom stereocenters. The molecule has 0 heterocycles. The summed E-state index contributed by atoms with van der Waals surface area (Å²) in [5.74, 6) is -0.863. The van der Waals surface area contributed by atoms with Crippen molar-refractivity contribution in [2.24, 2.45) is 0 Å². The van der Waals surface area contributed by atoms with Crippen LogP contribution >= 0.6 is 0 Å². The lowest BCUT2D eigenvalue weighted by Crippen LogP contribution is -2.30. The number of ether oxygens (including phenoxy) is 3. The molecule has 0 aromatic heterocycles. The number of rotatable bonds is 55. The number of allylic oxidation sites excluding steroid dienone is 12. The Hall–Kier alpha value is -3.15. The molecule has 0 saturated heterocycles. The van der Waals surface area contributed by atoms with Gasteiger partial charge in [0.15, 0.2) is 6.10 Å². The zero-order chi connectivity index (χ0) is 51.4. The van der Waals surface area contributed by atoms with Crippen LogP contribution < -0.4 is 0 Å². The lowest BCUT2D eigenvalue weighted by molar-refractivity contribution is -0.167. The third-order valence-corrected chi connectivity index (χ3v) is 13.2. The molecule has 1 atom stereocenters. The minimum absolute atomic E-state index is 0.0698. The summed E-state index contributed by atoms with van der Waals surface area (Å²) in [5, 5.41) is 0. The summed E-state index contributed by atoms with van der Waals surface area (Å²) in [6, 6.07) is 0. The Labute approximate surface area is 440 Å². The van der Waals surface area contributed by atoms with Crippen LogP contribution in [0.3, 0.4) is 0 Å². The van der Waals surface area contributed by atoms with E-state index in [1.807, 2.05) is 0 Å². The van der Waals surface area contributed by atoms with Crippen LogP contribution in [0.4, 0.5) is 0 Å². The van der Waals surface area contributed by atoms with E-state index in [1.54, 1.807) is 0 Å². The van der Waals surface area contributed by atoms with Crippen molar-refractivity contribution in [1.29, 1.82) is 0 Å². The normalized spacial score (nSPS) is 12.5. The van der Waals surface area contributed by atoms with Gasteiger partial charge in [-0.3, -0.25) is 14.4 Å². The zero-order valence-corrected chi connectivity index (χ0v) is 47.0. The van der Waals surface area contributed by atoms with Crippen LogP contribution in [0.15, 0.2) is 72.9 Å². The molecule has 0 N–H and O–H groups in total. The third kappa shape index (κ3) is 57.6. The molecule has 0 saturated carbocycles. The maximum Gasteiger partial charge on any atom is 0.306 e. The standard InChI is InChI=1S/C65H114O6/c1-4-7-10-13-16-19-21-23-24-25-26-27-28-29-30-31-32-33-34-35-36-37-38-39-40-41-42-43-45-46-49-52-55-58-64(67)70-61-62(60-69-63(66)57-54-51-48-18-15-12-9-6-3)71-65(68)59-56-53-50-47-44-22-20-17-14-11-8-5-2/h7,10,16,19,23-24,26-27,29-30,32-33,62H,4-6,8-9,11-15,17-18,20-22,25,28,31,34-61H2,1-3H3/b10-7-,19-16-,24-23-,27-26-,30-29-,33-32-. The first-order valence-corrected chi connectivity index (χ1v) is 30.4. The summed E-state index contributed by atoms with van der Waals surface area (Å²) < 4.78 is 16.8. The van der Waals surface area contributed by atoms with Gasteiger partial charge in [-0.15, -0.1) is 0 Å². The fraction of sp³-hybridized carbons (Fsp3) is 0.769. The van der Waals surface area contributed by atoms with Crippen LogP contribution in [-0.2, 0) is 28.6 Å². The Morgan fingerprint density at radius 1 is 0.296 bits per heavy atom. The average molecular weight is 992 g/mol. The second-order valence-corrected chi connectivity index (χ2v) is 20.2. The van der Waals surface area contributed by atoms with Crippen molar-refractivity contribution in [2.45, 2.75) is 309 Å². The molecule has 0 aliphatic carbocycles. The molecule has 0 aliphatic rings. The molecule has 0 fully saturated rings. The smallest absolute Gasteiger partial charge is 0.306 e. The van der Waals surface area contributed by atoms with E-state index in [0.29, 0.717) is 19.3 Å². The first-order valence-electron chi connectivity index (χ1n) is 30.4. The van der Waals surface area contributed by atoms with E-state index in [1.165, 1.54) is 167 Å². The Bertz CT molecular complexity index is 1320. The molecule has 0 rings (SSSR count). The van der Waals surface area contributed by atoms with Crippen LogP contribution in [0.25, 0.3) is 0 Å². The first-order chi connectivity index (χ1) is 35.0. The highest BCUT2D eigenvalue weighted by molar-refractivity contribution is 5.71. The van der Waals surface area contributed by atoms with Crippen LogP contribution in [0, 0.1) is 0 Å². The van der Waals surface area contributed by atoms with Gasteiger partial charge in [-0.05, 0) is 70.6 Å². The minimum atomic E-state index is -0.768. The van der Waals surface area contributed by atoms with Crippen molar-refractivity contribution in [3.05, 3.63) is 72.9 Å². The molecule has 0 bridgehead atoms. The summed E-state index contributed by atoms with van der Waals surface area (Å²) in [4.78, 5) is 37.9. The monoisotopic (exact) mass is 991 g/mol. The van der Waals surface area contributed by atoms with Crippen molar-refractivity contribution < 1.29 is 28.6 Å². The second-order valence-electron chi connectivity index (χ2n) is 20.2. The summed E-state index contributed by atoms with van der Waals surface area (Å²) in [6.07, 6.45) is 76.4. The van der Waals surface area contributed by atoms with E-state index < -0.39 is 6.10 Å². The van der Waals surface area contributed by atoms with Crippen LogP contribution in [0.1, 0.15) is 303 Å². The van der Waals surface area contributed by atoms with E-state index in [9.17, 15) is 14.4 Å². The number of carbonyl (C=O) groups excluding carboxylic acids is 3. The summed E-state index contributed by atoms with van der Waals surface area (Å²) >= 11 is 0. The first kappa shape index (κ1) is 67.8. The molecule has 0 spiro atoms. The zero-order valence-electron chi connectivity index (χ0n) is 47.0. The minimum Gasteiger partial charge on any atom is -0.462 e. The van der Waals surface area contributed by atoms with Gasteiger partial charge in [-0.25, -0.2) is 0 Å². The third-order valence-electron chi connectivity index (χ3n) is 13.2. The van der Waals surface area contributed by atoms with E-state index in [0.717, 1.165) is 96.3 Å². The fourth-order valence-electron chi connectivity index (χ4n) is 8.68. The molecule has 0 aromatic carbocycles. The highest BCUT2D eigenvalue weighted by Crippen LogP contribution is 2.17. The molecule has 6 heteroatoms. The maximum atomic E-state index is 12.8. The van der Waals surface area contributed by atoms with E-state index >= 15 is 0 Å². The Morgan fingerprint density at radius 3 is 0.859 bits per heavy atom. The molecule has 0 aliphatic heterocycles. The van der Waals surface area contributed by atoms with Gasteiger partial charge in [0.25, 0.3) is 0 Å². The highest BCUT2D eigenvalue weighted by Gasteiger charge is 2.19. The lowest BCUT2D eigenvalue weighted by Gasteiger charge is -2.18. The summed E-state index contributed by atoms with van der Waals surface area (Å²) in [7, 11) is 0. The van der Waals surface area contributed by atoms with E-state index in [4.69, 9.17) is 14.2 Å². The largest absolute Gasteiger partial charge is 0.462 e. The highest BCUT2D eigenvalue weighted by atomic mass is 16.6. The average Bonchev–Trinajstić information content (AvgIpc) is 3.37. The Morgan fingerprint density at radius 2 is 0.549 bits per heavy atom. The molecular formula is C65H114O6. The second kappa shape index (κ2) is 59.4. The molecule has 6 nitrogen and oxygen atoms in total. The molecule has 410 valence electrons. The van der Waals surface area contributed by atoms with E-state index in [-0.39, 0.29) is 31.1 Å². The van der Waals surface area contributed by atoms with Crippen LogP contribution in [0.2, 0.25) is 0 Å². The molecule has 0 aromatic rings. The Kier molecular flexibility index (Phi) is 56.8. The van der Waals surface area contributed by atoms with Crippen molar-refractivity contribution in [2.75, 3.05) is 13.2 Å². The van der Waals surface area contributed by atoms with Gasteiger partial charge >= 0.3 is 17.9 Å². The van der Waals surface area contributed by atoms with Crippen LogP contribution in [-0.4, -0.2) is 37.2 Å². The topological polar surface area (TPSA) is 78.9 Å². The van der Waals surface area contributed by atoms with Crippen molar-refractivity contribution in [1.82, 2.24) is 0 Å². The van der Waals surface area contributed by atoms with Crippen LogP contribution in [0.5, 0.6) is 0 Å². The number of unbranched alkanes of at least 4 members (excludes halogenated alkanes) is 32. The van der Waals surface area contributed by atoms with Gasteiger partial charge in [0, 0.05) is 19.3 Å². The lowest BCUT2D eigenvalue weighted by atomic mass is 10.0. The molecule has 0 amide bonds. The predicted octanol–water partition coefficient (Wildman–Crippen LogP) is 20.5. The van der Waals surface area contributed by atoms with Gasteiger partial charge in [0.05, 0.1) is 0 Å². The quantitative estimate of drug-likeness (QED) is 0.0261. The number of esters is 3.